The molecule has 0 unspecified atom stereocenters. The third kappa shape index (κ3) is 3.63. The van der Waals surface area contributed by atoms with Gasteiger partial charge in [0.2, 0.25) is 0 Å². The lowest BCUT2D eigenvalue weighted by Crippen LogP contribution is -2.27. The Morgan fingerprint density at radius 2 is 2.06 bits per heavy atom. The minimum atomic E-state index is 0.432. The van der Waals surface area contributed by atoms with Crippen molar-refractivity contribution >= 4 is 17.4 Å². The summed E-state index contributed by atoms with van der Waals surface area (Å²) in [6.07, 6.45) is 2.74. The summed E-state index contributed by atoms with van der Waals surface area (Å²) >= 11 is 5.80. The molecule has 90 valence electrons. The number of rotatable bonds is 6. The highest BCUT2D eigenvalue weighted by atomic mass is 35.5. The maximum Gasteiger partial charge on any atom is 0.132 e. The molecule has 1 heterocycles. The lowest BCUT2D eigenvalue weighted by Gasteiger charge is -2.22. The number of alkyl halides is 1. The molecular weight excluding hydrogens is 222 g/mol. The second-order valence-electron chi connectivity index (χ2n) is 4.13. The van der Waals surface area contributed by atoms with Crippen molar-refractivity contribution in [2.24, 2.45) is 0 Å². The molecule has 0 saturated heterocycles. The van der Waals surface area contributed by atoms with Gasteiger partial charge in [-0.3, -0.25) is 0 Å². The molecule has 0 aliphatic carbocycles. The summed E-state index contributed by atoms with van der Waals surface area (Å²) in [6, 6.07) is 2.06. The lowest BCUT2D eigenvalue weighted by atomic mass is 10.1. The molecule has 4 heteroatoms. The van der Waals surface area contributed by atoms with Crippen LogP contribution in [0.15, 0.2) is 12.4 Å². The Morgan fingerprint density at radius 1 is 1.31 bits per heavy atom. The van der Waals surface area contributed by atoms with Crippen molar-refractivity contribution in [3.8, 4) is 0 Å². The van der Waals surface area contributed by atoms with E-state index in [1.165, 1.54) is 0 Å². The molecule has 0 bridgehead atoms. The number of hydrogen-bond acceptors (Lipinski definition) is 3. The van der Waals surface area contributed by atoms with Gasteiger partial charge in [0.25, 0.3) is 0 Å². The average molecular weight is 242 g/mol. The molecule has 1 aromatic heterocycles. The number of hydrogen-bond donors (Lipinski definition) is 0. The number of halogens is 1. The Labute approximate surface area is 103 Å². The first-order valence-corrected chi connectivity index (χ1v) is 6.35. The molecule has 0 N–H and O–H groups in total. The second-order valence-corrected chi connectivity index (χ2v) is 4.51. The minimum absolute atomic E-state index is 0.432. The van der Waals surface area contributed by atoms with Gasteiger partial charge < -0.3 is 4.90 Å². The third-order valence-electron chi connectivity index (χ3n) is 2.44. The summed E-state index contributed by atoms with van der Waals surface area (Å²) in [7, 11) is 0. The van der Waals surface area contributed by atoms with E-state index in [1.807, 2.05) is 0 Å². The minimum Gasteiger partial charge on any atom is -0.355 e. The van der Waals surface area contributed by atoms with E-state index in [1.54, 1.807) is 6.33 Å². The number of anilines is 1. The fourth-order valence-electron chi connectivity index (χ4n) is 1.56. The fourth-order valence-corrected chi connectivity index (χ4v) is 1.77. The van der Waals surface area contributed by atoms with Crippen LogP contribution in [0.3, 0.4) is 0 Å². The van der Waals surface area contributed by atoms with Crippen LogP contribution in [0.4, 0.5) is 5.82 Å². The molecule has 0 spiro atoms. The Hall–Kier alpha value is -0.830. The van der Waals surface area contributed by atoms with E-state index in [-0.39, 0.29) is 0 Å². The molecule has 0 atom stereocenters. The van der Waals surface area contributed by atoms with Gasteiger partial charge in [-0.2, -0.15) is 0 Å². The third-order valence-corrected chi connectivity index (χ3v) is 2.61. The van der Waals surface area contributed by atoms with E-state index in [2.05, 4.69) is 41.7 Å². The summed E-state index contributed by atoms with van der Waals surface area (Å²) in [4.78, 5) is 10.8. The van der Waals surface area contributed by atoms with Crippen molar-refractivity contribution in [2.45, 2.75) is 33.1 Å². The Balaban J connectivity index is 2.86. The zero-order chi connectivity index (χ0) is 12.0. The van der Waals surface area contributed by atoms with E-state index in [0.717, 1.165) is 31.0 Å². The van der Waals surface area contributed by atoms with Gasteiger partial charge in [0.15, 0.2) is 0 Å². The van der Waals surface area contributed by atoms with Crippen molar-refractivity contribution in [3.63, 3.8) is 0 Å². The normalized spacial score (nSPS) is 10.8. The molecule has 1 aromatic rings. The summed E-state index contributed by atoms with van der Waals surface area (Å²) in [6.45, 7) is 8.26. The van der Waals surface area contributed by atoms with Crippen LogP contribution in [-0.4, -0.2) is 28.9 Å². The average Bonchev–Trinajstić information content (AvgIpc) is 2.29. The Kier molecular flexibility index (Phi) is 5.53. The van der Waals surface area contributed by atoms with E-state index in [4.69, 9.17) is 11.6 Å². The van der Waals surface area contributed by atoms with Gasteiger partial charge in [-0.05, 0) is 12.3 Å². The van der Waals surface area contributed by atoms with Gasteiger partial charge >= 0.3 is 0 Å². The highest BCUT2D eigenvalue weighted by Crippen LogP contribution is 2.17. The Morgan fingerprint density at radius 3 is 2.62 bits per heavy atom. The molecule has 16 heavy (non-hydrogen) atoms. The van der Waals surface area contributed by atoms with Gasteiger partial charge in [-0.25, -0.2) is 9.97 Å². The van der Waals surface area contributed by atoms with Crippen LogP contribution < -0.4 is 4.90 Å². The monoisotopic (exact) mass is 241 g/mol. The van der Waals surface area contributed by atoms with Gasteiger partial charge in [0.05, 0.1) is 0 Å². The molecule has 1 rings (SSSR count). The quantitative estimate of drug-likeness (QED) is 0.717. The SMILES string of the molecule is CCCN(CCCl)c1cc(C(C)C)ncn1. The van der Waals surface area contributed by atoms with Crippen LogP contribution in [0.25, 0.3) is 0 Å². The molecule has 0 aromatic carbocycles. The molecule has 3 nitrogen and oxygen atoms in total. The molecular formula is C12H20ClN3. The zero-order valence-corrected chi connectivity index (χ0v) is 11.0. The number of aromatic nitrogens is 2. The van der Waals surface area contributed by atoms with E-state index < -0.39 is 0 Å². The smallest absolute Gasteiger partial charge is 0.132 e. The number of nitrogens with zero attached hydrogens (tertiary/aromatic N) is 3. The van der Waals surface area contributed by atoms with Crippen LogP contribution in [0.1, 0.15) is 38.8 Å². The van der Waals surface area contributed by atoms with Crippen LogP contribution in [-0.2, 0) is 0 Å². The van der Waals surface area contributed by atoms with Gasteiger partial charge in [0, 0.05) is 30.7 Å². The summed E-state index contributed by atoms with van der Waals surface area (Å²) in [5, 5.41) is 0. The molecule has 0 radical (unpaired) electrons. The second kappa shape index (κ2) is 6.69. The molecule has 0 amide bonds. The maximum absolute atomic E-state index is 5.80. The first kappa shape index (κ1) is 13.2. The van der Waals surface area contributed by atoms with Crippen molar-refractivity contribution < 1.29 is 0 Å². The molecule has 0 aliphatic rings. The van der Waals surface area contributed by atoms with Crippen molar-refractivity contribution in [1.82, 2.24) is 9.97 Å². The standard InChI is InChI=1S/C12H20ClN3/c1-4-6-16(7-5-13)12-8-11(10(2)3)14-9-15-12/h8-10H,4-7H2,1-3H3. The largest absolute Gasteiger partial charge is 0.355 e. The van der Waals surface area contributed by atoms with Gasteiger partial charge in [0.1, 0.15) is 12.1 Å². The molecule has 0 saturated carbocycles. The predicted molar refractivity (Wildman–Crippen MR) is 69.3 cm³/mol. The summed E-state index contributed by atoms with van der Waals surface area (Å²) in [5.74, 6) is 2.04. The van der Waals surface area contributed by atoms with Crippen molar-refractivity contribution in [2.75, 3.05) is 23.9 Å². The summed E-state index contributed by atoms with van der Waals surface area (Å²) in [5.41, 5.74) is 1.08. The van der Waals surface area contributed by atoms with Crippen LogP contribution in [0.5, 0.6) is 0 Å². The maximum atomic E-state index is 5.80. The zero-order valence-electron chi connectivity index (χ0n) is 10.3. The highest BCUT2D eigenvalue weighted by Gasteiger charge is 2.09. The van der Waals surface area contributed by atoms with Gasteiger partial charge in [-0.15, -0.1) is 11.6 Å². The van der Waals surface area contributed by atoms with Crippen molar-refractivity contribution in [3.05, 3.63) is 18.1 Å². The van der Waals surface area contributed by atoms with E-state index in [9.17, 15) is 0 Å². The van der Waals surface area contributed by atoms with Crippen LogP contribution in [0.2, 0.25) is 0 Å². The lowest BCUT2D eigenvalue weighted by molar-refractivity contribution is 0.763. The summed E-state index contributed by atoms with van der Waals surface area (Å²) < 4.78 is 0. The highest BCUT2D eigenvalue weighted by molar-refractivity contribution is 6.18. The van der Waals surface area contributed by atoms with Crippen LogP contribution in [0, 0.1) is 0 Å². The first-order chi connectivity index (χ1) is 7.69. The van der Waals surface area contributed by atoms with E-state index in [0.29, 0.717) is 11.8 Å². The van der Waals surface area contributed by atoms with Crippen molar-refractivity contribution in [1.29, 1.82) is 0 Å². The Bertz CT molecular complexity index is 309. The predicted octanol–water partition coefficient (Wildman–Crippen LogP) is 3.06. The van der Waals surface area contributed by atoms with E-state index >= 15 is 0 Å². The van der Waals surface area contributed by atoms with Gasteiger partial charge in [-0.1, -0.05) is 20.8 Å². The molecule has 0 fully saturated rings. The first-order valence-electron chi connectivity index (χ1n) is 5.81. The fraction of sp³-hybridized carbons (Fsp3) is 0.667. The molecule has 0 aliphatic heterocycles. The topological polar surface area (TPSA) is 29.0 Å². The van der Waals surface area contributed by atoms with Crippen LogP contribution >= 0.6 is 11.6 Å².